The van der Waals surface area contributed by atoms with Crippen LogP contribution in [0.25, 0.3) is 10.2 Å². The fourth-order valence-corrected chi connectivity index (χ4v) is 3.56. The summed E-state index contributed by atoms with van der Waals surface area (Å²) in [7, 11) is 1.69. The number of nitrogens with one attached hydrogen (secondary N) is 1. The third kappa shape index (κ3) is 3.54. The number of anilines is 1. The highest BCUT2D eigenvalue weighted by atomic mass is 79.9. The summed E-state index contributed by atoms with van der Waals surface area (Å²) < 4.78 is 7.51. The molecule has 1 N–H and O–H groups in total. The summed E-state index contributed by atoms with van der Waals surface area (Å²) in [4.78, 5) is 4.58. The lowest BCUT2D eigenvalue weighted by molar-refractivity contribution is 0.414. The molecule has 0 aliphatic rings. The summed E-state index contributed by atoms with van der Waals surface area (Å²) in [6.45, 7) is 0.855. The van der Waals surface area contributed by atoms with Crippen molar-refractivity contribution < 1.29 is 4.74 Å². The Morgan fingerprint density at radius 3 is 3.00 bits per heavy atom. The average molecular weight is 363 g/mol. The second-order valence-electron chi connectivity index (χ2n) is 4.66. The first-order valence-corrected chi connectivity index (χ1v) is 8.28. The van der Waals surface area contributed by atoms with Crippen molar-refractivity contribution in [2.45, 2.75) is 6.42 Å². The lowest BCUT2D eigenvalue weighted by Gasteiger charge is -2.05. The van der Waals surface area contributed by atoms with E-state index in [9.17, 15) is 0 Å². The first-order chi connectivity index (χ1) is 10.2. The standard InChI is InChI=1S/C16H15BrN2OS/c1-20-13-4-2-3-11(9-13)7-8-18-16-19-14-6-5-12(17)10-15(14)21-16/h2-6,9-10H,7-8H2,1H3,(H,18,19). The lowest BCUT2D eigenvalue weighted by Crippen LogP contribution is -2.04. The van der Waals surface area contributed by atoms with E-state index in [-0.39, 0.29) is 0 Å². The maximum absolute atomic E-state index is 5.24. The van der Waals surface area contributed by atoms with Gasteiger partial charge in [-0.05, 0) is 42.3 Å². The highest BCUT2D eigenvalue weighted by Gasteiger charge is 2.04. The predicted octanol–water partition coefficient (Wildman–Crippen LogP) is 4.72. The maximum atomic E-state index is 5.24. The smallest absolute Gasteiger partial charge is 0.183 e. The highest BCUT2D eigenvalue weighted by molar-refractivity contribution is 9.10. The largest absolute Gasteiger partial charge is 0.497 e. The van der Waals surface area contributed by atoms with Gasteiger partial charge in [0.05, 0.1) is 17.3 Å². The minimum absolute atomic E-state index is 0.855. The third-order valence-corrected chi connectivity index (χ3v) is 4.64. The van der Waals surface area contributed by atoms with Crippen molar-refractivity contribution in [1.29, 1.82) is 0 Å². The molecule has 3 rings (SSSR count). The van der Waals surface area contributed by atoms with E-state index in [1.54, 1.807) is 18.4 Å². The molecule has 21 heavy (non-hydrogen) atoms. The number of halogens is 1. The van der Waals surface area contributed by atoms with Gasteiger partial charge in [-0.15, -0.1) is 0 Å². The van der Waals surface area contributed by atoms with Gasteiger partial charge in [-0.3, -0.25) is 0 Å². The van der Waals surface area contributed by atoms with Gasteiger partial charge in [0.1, 0.15) is 5.75 Å². The molecule has 3 aromatic rings. The van der Waals surface area contributed by atoms with Gasteiger partial charge >= 0.3 is 0 Å². The number of ether oxygens (including phenoxy) is 1. The molecule has 0 saturated carbocycles. The molecule has 2 aromatic carbocycles. The summed E-state index contributed by atoms with van der Waals surface area (Å²) in [5.41, 5.74) is 2.29. The zero-order chi connectivity index (χ0) is 14.7. The zero-order valence-electron chi connectivity index (χ0n) is 11.6. The van der Waals surface area contributed by atoms with E-state index in [0.29, 0.717) is 0 Å². The number of benzene rings is 2. The van der Waals surface area contributed by atoms with E-state index in [4.69, 9.17) is 4.74 Å². The Bertz CT molecular complexity index is 757. The van der Waals surface area contributed by atoms with Crippen molar-refractivity contribution in [3.63, 3.8) is 0 Å². The van der Waals surface area contributed by atoms with Crippen LogP contribution in [-0.4, -0.2) is 18.6 Å². The molecule has 5 heteroatoms. The van der Waals surface area contributed by atoms with Gasteiger partial charge in [0, 0.05) is 11.0 Å². The Hall–Kier alpha value is -1.59. The van der Waals surface area contributed by atoms with Gasteiger partial charge in [0.25, 0.3) is 0 Å². The van der Waals surface area contributed by atoms with Crippen LogP contribution in [0.1, 0.15) is 5.56 Å². The van der Waals surface area contributed by atoms with Crippen LogP contribution in [0.15, 0.2) is 46.9 Å². The molecule has 0 spiro atoms. The van der Waals surface area contributed by atoms with Crippen LogP contribution in [0.4, 0.5) is 5.13 Å². The van der Waals surface area contributed by atoms with Gasteiger partial charge in [0.15, 0.2) is 5.13 Å². The highest BCUT2D eigenvalue weighted by Crippen LogP contribution is 2.28. The van der Waals surface area contributed by atoms with Gasteiger partial charge in [-0.25, -0.2) is 4.98 Å². The fraction of sp³-hybridized carbons (Fsp3) is 0.188. The molecule has 0 atom stereocenters. The van der Waals surface area contributed by atoms with Crippen molar-refractivity contribution in [1.82, 2.24) is 4.98 Å². The summed E-state index contributed by atoms with van der Waals surface area (Å²) in [5, 5.41) is 4.35. The van der Waals surface area contributed by atoms with Crippen LogP contribution in [0.2, 0.25) is 0 Å². The van der Waals surface area contributed by atoms with Crippen molar-refractivity contribution >= 4 is 42.6 Å². The van der Waals surface area contributed by atoms with E-state index in [2.05, 4.69) is 44.4 Å². The number of hydrogen-bond acceptors (Lipinski definition) is 4. The topological polar surface area (TPSA) is 34.1 Å². The SMILES string of the molecule is COc1cccc(CCNc2nc3ccc(Br)cc3s2)c1. The minimum atomic E-state index is 0.855. The quantitative estimate of drug-likeness (QED) is 0.712. The Kier molecular flexibility index (Phi) is 4.41. The predicted molar refractivity (Wildman–Crippen MR) is 92.5 cm³/mol. The fourth-order valence-electron chi connectivity index (χ4n) is 2.12. The molecule has 1 aromatic heterocycles. The van der Waals surface area contributed by atoms with Gasteiger partial charge < -0.3 is 10.1 Å². The van der Waals surface area contributed by atoms with Gasteiger partial charge in [0.2, 0.25) is 0 Å². The second kappa shape index (κ2) is 6.45. The normalized spacial score (nSPS) is 10.8. The molecule has 0 aliphatic heterocycles. The number of rotatable bonds is 5. The number of thiazole rings is 1. The molecule has 1 heterocycles. The third-order valence-electron chi connectivity index (χ3n) is 3.17. The molecule has 0 radical (unpaired) electrons. The average Bonchev–Trinajstić information content (AvgIpc) is 2.89. The number of methoxy groups -OCH3 is 1. The van der Waals surface area contributed by atoms with E-state index >= 15 is 0 Å². The zero-order valence-corrected chi connectivity index (χ0v) is 14.0. The van der Waals surface area contributed by atoms with E-state index in [1.807, 2.05) is 24.3 Å². The van der Waals surface area contributed by atoms with Crippen molar-refractivity contribution in [3.05, 3.63) is 52.5 Å². The number of fused-ring (bicyclic) bond motifs is 1. The molecule has 0 unspecified atom stereocenters. The number of nitrogens with zero attached hydrogens (tertiary/aromatic N) is 1. The molecule has 0 fully saturated rings. The van der Waals surface area contributed by atoms with E-state index < -0.39 is 0 Å². The maximum Gasteiger partial charge on any atom is 0.183 e. The van der Waals surface area contributed by atoms with E-state index in [0.717, 1.165) is 33.8 Å². The molecule has 0 bridgehead atoms. The van der Waals surface area contributed by atoms with E-state index in [1.165, 1.54) is 10.3 Å². The molecule has 0 saturated heterocycles. The van der Waals surface area contributed by atoms with Crippen molar-refractivity contribution in [2.24, 2.45) is 0 Å². The van der Waals surface area contributed by atoms with Crippen LogP contribution in [0, 0.1) is 0 Å². The summed E-state index contributed by atoms with van der Waals surface area (Å²) in [6, 6.07) is 14.3. The summed E-state index contributed by atoms with van der Waals surface area (Å²) in [6.07, 6.45) is 0.941. The van der Waals surface area contributed by atoms with Gasteiger partial charge in [-0.1, -0.05) is 39.4 Å². The van der Waals surface area contributed by atoms with Gasteiger partial charge in [-0.2, -0.15) is 0 Å². The Morgan fingerprint density at radius 1 is 1.24 bits per heavy atom. The Morgan fingerprint density at radius 2 is 2.14 bits per heavy atom. The molecular weight excluding hydrogens is 348 g/mol. The number of hydrogen-bond donors (Lipinski definition) is 1. The summed E-state index contributed by atoms with van der Waals surface area (Å²) in [5.74, 6) is 0.900. The Balaban J connectivity index is 1.63. The number of aromatic nitrogens is 1. The molecule has 108 valence electrons. The molecule has 0 aliphatic carbocycles. The molecule has 3 nitrogen and oxygen atoms in total. The van der Waals surface area contributed by atoms with Crippen molar-refractivity contribution in [3.8, 4) is 5.75 Å². The van der Waals surface area contributed by atoms with Crippen LogP contribution < -0.4 is 10.1 Å². The molecule has 0 amide bonds. The lowest BCUT2D eigenvalue weighted by atomic mass is 10.1. The van der Waals surface area contributed by atoms with Crippen LogP contribution in [0.3, 0.4) is 0 Å². The first kappa shape index (κ1) is 14.4. The second-order valence-corrected chi connectivity index (χ2v) is 6.61. The Labute approximate surface area is 136 Å². The summed E-state index contributed by atoms with van der Waals surface area (Å²) >= 11 is 5.16. The van der Waals surface area contributed by atoms with Crippen LogP contribution in [-0.2, 0) is 6.42 Å². The van der Waals surface area contributed by atoms with Crippen LogP contribution in [0.5, 0.6) is 5.75 Å². The minimum Gasteiger partial charge on any atom is -0.497 e. The van der Waals surface area contributed by atoms with Crippen LogP contribution >= 0.6 is 27.3 Å². The molecular formula is C16H15BrN2OS. The monoisotopic (exact) mass is 362 g/mol. The first-order valence-electron chi connectivity index (χ1n) is 6.67. The van der Waals surface area contributed by atoms with Crippen molar-refractivity contribution in [2.75, 3.05) is 19.0 Å².